The number of hydrogen-bond acceptors (Lipinski definition) is 3. The highest BCUT2D eigenvalue weighted by atomic mass is 19.1. The van der Waals surface area contributed by atoms with E-state index in [1.807, 2.05) is 0 Å². The second kappa shape index (κ2) is 3.87. The molecule has 0 aliphatic carbocycles. The molecule has 1 fully saturated rings. The molecule has 2 aromatic rings. The number of nitrogens with one attached hydrogen (secondary N) is 1. The van der Waals surface area contributed by atoms with E-state index in [1.165, 1.54) is 12.1 Å². The van der Waals surface area contributed by atoms with Crippen LogP contribution in [0.4, 0.5) is 4.39 Å². The molecule has 84 valence electrons. The molecule has 0 bridgehead atoms. The molecule has 1 aliphatic rings. The van der Waals surface area contributed by atoms with Gasteiger partial charge >= 0.3 is 0 Å². The number of halogens is 1. The van der Waals surface area contributed by atoms with Crippen LogP contribution in [0.15, 0.2) is 22.6 Å². The lowest BCUT2D eigenvalue weighted by atomic mass is 9.98. The molecule has 0 saturated carbocycles. The summed E-state index contributed by atoms with van der Waals surface area (Å²) in [4.78, 5) is 4.36. The maximum Gasteiger partial charge on any atom is 0.198 e. The third-order valence-corrected chi connectivity index (χ3v) is 3.05. The van der Waals surface area contributed by atoms with Crippen LogP contribution in [0.25, 0.3) is 11.1 Å². The van der Waals surface area contributed by atoms with Gasteiger partial charge in [0.25, 0.3) is 0 Å². The molecule has 1 saturated heterocycles. The van der Waals surface area contributed by atoms with Crippen molar-refractivity contribution in [2.75, 3.05) is 13.1 Å². The number of rotatable bonds is 1. The Labute approximate surface area is 92.7 Å². The van der Waals surface area contributed by atoms with Gasteiger partial charge in [-0.25, -0.2) is 9.37 Å². The van der Waals surface area contributed by atoms with Gasteiger partial charge in [0.1, 0.15) is 11.3 Å². The van der Waals surface area contributed by atoms with Gasteiger partial charge in [-0.3, -0.25) is 0 Å². The van der Waals surface area contributed by atoms with Gasteiger partial charge in [-0.2, -0.15) is 0 Å². The van der Waals surface area contributed by atoms with Crippen molar-refractivity contribution < 1.29 is 8.81 Å². The van der Waals surface area contributed by atoms with Gasteiger partial charge in [-0.15, -0.1) is 0 Å². The zero-order valence-electron chi connectivity index (χ0n) is 8.87. The summed E-state index contributed by atoms with van der Waals surface area (Å²) in [6.45, 7) is 2.00. The number of piperidine rings is 1. The molecular weight excluding hydrogens is 207 g/mol. The fourth-order valence-electron chi connectivity index (χ4n) is 2.16. The molecule has 3 nitrogen and oxygen atoms in total. The molecule has 3 rings (SSSR count). The van der Waals surface area contributed by atoms with Crippen LogP contribution in [0.3, 0.4) is 0 Å². The first-order valence-corrected chi connectivity index (χ1v) is 5.59. The maximum atomic E-state index is 13.0. The Morgan fingerprint density at radius 2 is 2.12 bits per heavy atom. The Hall–Kier alpha value is -1.42. The van der Waals surface area contributed by atoms with E-state index in [1.54, 1.807) is 6.07 Å². The molecule has 0 spiro atoms. The van der Waals surface area contributed by atoms with Crippen LogP contribution in [0.1, 0.15) is 24.7 Å². The van der Waals surface area contributed by atoms with Crippen molar-refractivity contribution in [2.24, 2.45) is 0 Å². The molecule has 2 heterocycles. The number of benzene rings is 1. The first kappa shape index (κ1) is 9.78. The lowest BCUT2D eigenvalue weighted by molar-refractivity contribution is 0.385. The van der Waals surface area contributed by atoms with Crippen LogP contribution in [-0.2, 0) is 0 Å². The number of aromatic nitrogens is 1. The first-order valence-electron chi connectivity index (χ1n) is 5.59. The molecule has 0 atom stereocenters. The number of hydrogen-bond donors (Lipinski definition) is 1. The Bertz CT molecular complexity index is 503. The minimum Gasteiger partial charge on any atom is -0.440 e. The summed E-state index contributed by atoms with van der Waals surface area (Å²) in [7, 11) is 0. The van der Waals surface area contributed by atoms with Crippen LogP contribution < -0.4 is 5.32 Å². The summed E-state index contributed by atoms with van der Waals surface area (Å²) in [5.41, 5.74) is 1.29. The monoisotopic (exact) mass is 220 g/mol. The molecule has 1 N–H and O–H groups in total. The second-order valence-corrected chi connectivity index (χ2v) is 4.19. The molecule has 1 aliphatic heterocycles. The topological polar surface area (TPSA) is 38.1 Å². The van der Waals surface area contributed by atoms with Gasteiger partial charge in [-0.1, -0.05) is 0 Å². The van der Waals surface area contributed by atoms with Crippen molar-refractivity contribution in [3.05, 3.63) is 29.9 Å². The van der Waals surface area contributed by atoms with Crippen molar-refractivity contribution in [2.45, 2.75) is 18.8 Å². The first-order chi connectivity index (χ1) is 7.83. The van der Waals surface area contributed by atoms with Crippen molar-refractivity contribution in [3.63, 3.8) is 0 Å². The molecule has 1 aromatic heterocycles. The molecule has 16 heavy (non-hydrogen) atoms. The van der Waals surface area contributed by atoms with Gasteiger partial charge in [0.2, 0.25) is 0 Å². The number of oxazole rings is 1. The van der Waals surface area contributed by atoms with Gasteiger partial charge in [-0.05, 0) is 38.1 Å². The van der Waals surface area contributed by atoms with E-state index in [-0.39, 0.29) is 5.82 Å². The molecular formula is C12H13FN2O. The summed E-state index contributed by atoms with van der Waals surface area (Å²) >= 11 is 0. The molecule has 0 amide bonds. The molecule has 0 radical (unpaired) electrons. The Kier molecular flexibility index (Phi) is 2.36. The Balaban J connectivity index is 1.97. The van der Waals surface area contributed by atoms with Crippen LogP contribution in [0.5, 0.6) is 0 Å². The van der Waals surface area contributed by atoms with E-state index >= 15 is 0 Å². The summed E-state index contributed by atoms with van der Waals surface area (Å²) in [6, 6.07) is 4.46. The number of fused-ring (bicyclic) bond motifs is 1. The predicted octanol–water partition coefficient (Wildman–Crippen LogP) is 2.43. The van der Waals surface area contributed by atoms with Gasteiger partial charge < -0.3 is 9.73 Å². The lowest BCUT2D eigenvalue weighted by Crippen LogP contribution is -2.26. The summed E-state index contributed by atoms with van der Waals surface area (Å²) in [5.74, 6) is 0.858. The smallest absolute Gasteiger partial charge is 0.198 e. The quantitative estimate of drug-likeness (QED) is 0.802. The van der Waals surface area contributed by atoms with Crippen molar-refractivity contribution in [1.82, 2.24) is 10.3 Å². The second-order valence-electron chi connectivity index (χ2n) is 4.19. The van der Waals surface area contributed by atoms with E-state index in [4.69, 9.17) is 4.42 Å². The average molecular weight is 220 g/mol. The standard InChI is InChI=1S/C12H13FN2O/c13-9-1-2-11-10(7-9)15-12(16-11)8-3-5-14-6-4-8/h1-2,7-8,14H,3-6H2. The average Bonchev–Trinajstić information content (AvgIpc) is 2.73. The highest BCUT2D eigenvalue weighted by Crippen LogP contribution is 2.27. The van der Waals surface area contributed by atoms with Crippen LogP contribution in [-0.4, -0.2) is 18.1 Å². The van der Waals surface area contributed by atoms with Crippen molar-refractivity contribution in [3.8, 4) is 0 Å². The van der Waals surface area contributed by atoms with Gasteiger partial charge in [0.05, 0.1) is 0 Å². The maximum absolute atomic E-state index is 13.0. The van der Waals surface area contributed by atoms with Crippen molar-refractivity contribution >= 4 is 11.1 Å². The lowest BCUT2D eigenvalue weighted by Gasteiger charge is -2.19. The van der Waals surface area contributed by atoms with E-state index < -0.39 is 0 Å². The molecule has 0 unspecified atom stereocenters. The van der Waals surface area contributed by atoms with Crippen LogP contribution in [0, 0.1) is 5.82 Å². The zero-order chi connectivity index (χ0) is 11.0. The van der Waals surface area contributed by atoms with Gasteiger partial charge in [0.15, 0.2) is 11.5 Å². The predicted molar refractivity (Wildman–Crippen MR) is 58.8 cm³/mol. The summed E-state index contributed by atoms with van der Waals surface area (Å²) in [6.07, 6.45) is 2.07. The van der Waals surface area contributed by atoms with E-state index in [0.29, 0.717) is 17.0 Å². The summed E-state index contributed by atoms with van der Waals surface area (Å²) < 4.78 is 18.7. The third kappa shape index (κ3) is 1.69. The minimum absolute atomic E-state index is 0.266. The fourth-order valence-corrected chi connectivity index (χ4v) is 2.16. The number of nitrogens with zero attached hydrogens (tertiary/aromatic N) is 1. The van der Waals surface area contributed by atoms with E-state index in [9.17, 15) is 4.39 Å². The highest BCUT2D eigenvalue weighted by molar-refractivity contribution is 5.72. The van der Waals surface area contributed by atoms with Crippen molar-refractivity contribution in [1.29, 1.82) is 0 Å². The zero-order valence-corrected chi connectivity index (χ0v) is 8.87. The minimum atomic E-state index is -0.266. The van der Waals surface area contributed by atoms with Gasteiger partial charge in [0, 0.05) is 12.0 Å². The van der Waals surface area contributed by atoms with E-state index in [0.717, 1.165) is 31.8 Å². The molecule has 4 heteroatoms. The normalized spacial score (nSPS) is 18.1. The summed E-state index contributed by atoms with van der Waals surface area (Å²) in [5, 5.41) is 3.30. The fraction of sp³-hybridized carbons (Fsp3) is 0.417. The van der Waals surface area contributed by atoms with Crippen LogP contribution >= 0.6 is 0 Å². The Morgan fingerprint density at radius 1 is 1.31 bits per heavy atom. The Morgan fingerprint density at radius 3 is 2.94 bits per heavy atom. The van der Waals surface area contributed by atoms with E-state index in [2.05, 4.69) is 10.3 Å². The largest absolute Gasteiger partial charge is 0.440 e. The molecule has 1 aromatic carbocycles. The SMILES string of the molecule is Fc1ccc2oc(C3CCNCC3)nc2c1. The van der Waals surface area contributed by atoms with Crippen LogP contribution in [0.2, 0.25) is 0 Å². The third-order valence-electron chi connectivity index (χ3n) is 3.05. The highest BCUT2D eigenvalue weighted by Gasteiger charge is 2.20.